The van der Waals surface area contributed by atoms with Crippen molar-refractivity contribution in [1.82, 2.24) is 5.32 Å². The zero-order valence-electron chi connectivity index (χ0n) is 9.59. The van der Waals surface area contributed by atoms with Gasteiger partial charge in [0.05, 0.1) is 12.6 Å². The maximum atomic E-state index is 6.16. The Morgan fingerprint density at radius 2 is 1.88 bits per heavy atom. The molecule has 0 amide bonds. The van der Waals surface area contributed by atoms with Crippen molar-refractivity contribution in [1.29, 1.82) is 0 Å². The molecular formula is C12H17Cl2NO. The molecule has 0 spiro atoms. The summed E-state index contributed by atoms with van der Waals surface area (Å²) < 4.78 is 5.43. The molecule has 1 N–H and O–H groups in total. The molecule has 0 fully saturated rings. The fraction of sp³-hybridized carbons (Fsp3) is 0.500. The summed E-state index contributed by atoms with van der Waals surface area (Å²) >= 11 is 12.3. The highest BCUT2D eigenvalue weighted by Gasteiger charge is 2.16. The van der Waals surface area contributed by atoms with Crippen LogP contribution in [0.25, 0.3) is 0 Å². The van der Waals surface area contributed by atoms with Gasteiger partial charge in [0.2, 0.25) is 0 Å². The predicted octanol–water partition coefficient (Wildman–Crippen LogP) is 3.68. The Kier molecular flexibility index (Phi) is 6.14. The van der Waals surface area contributed by atoms with Gasteiger partial charge in [0, 0.05) is 22.2 Å². The second kappa shape index (κ2) is 7.13. The van der Waals surface area contributed by atoms with E-state index in [4.69, 9.17) is 27.9 Å². The van der Waals surface area contributed by atoms with E-state index in [0.717, 1.165) is 12.1 Å². The Labute approximate surface area is 107 Å². The third kappa shape index (κ3) is 3.63. The lowest BCUT2D eigenvalue weighted by Gasteiger charge is -2.20. The van der Waals surface area contributed by atoms with Gasteiger partial charge in [-0.3, -0.25) is 0 Å². The number of likely N-dealkylation sites (N-methyl/N-ethyl adjacent to an activating group) is 1. The van der Waals surface area contributed by atoms with Crippen molar-refractivity contribution in [3.8, 4) is 0 Å². The van der Waals surface area contributed by atoms with E-state index in [0.29, 0.717) is 23.3 Å². The van der Waals surface area contributed by atoms with Crippen molar-refractivity contribution >= 4 is 23.2 Å². The van der Waals surface area contributed by atoms with Gasteiger partial charge in [-0.1, -0.05) is 36.2 Å². The molecule has 1 atom stereocenters. The Hall–Kier alpha value is -0.280. The van der Waals surface area contributed by atoms with Crippen molar-refractivity contribution < 1.29 is 4.74 Å². The molecule has 1 aromatic rings. The zero-order chi connectivity index (χ0) is 12.0. The first-order valence-corrected chi connectivity index (χ1v) is 6.21. The number of hydrogen-bond donors (Lipinski definition) is 1. The highest BCUT2D eigenvalue weighted by molar-refractivity contribution is 6.36. The second-order valence-corrected chi connectivity index (χ2v) is 4.22. The van der Waals surface area contributed by atoms with Crippen LogP contribution in [-0.4, -0.2) is 19.8 Å². The normalized spacial score (nSPS) is 12.8. The molecule has 4 heteroatoms. The topological polar surface area (TPSA) is 21.3 Å². The molecule has 90 valence electrons. The molecule has 16 heavy (non-hydrogen) atoms. The first-order valence-electron chi connectivity index (χ1n) is 5.45. The summed E-state index contributed by atoms with van der Waals surface area (Å²) in [6.45, 7) is 6.12. The maximum Gasteiger partial charge on any atom is 0.0662 e. The van der Waals surface area contributed by atoms with Crippen LogP contribution in [0.2, 0.25) is 10.0 Å². The molecule has 0 aliphatic carbocycles. The van der Waals surface area contributed by atoms with Crippen LogP contribution in [-0.2, 0) is 4.74 Å². The highest BCUT2D eigenvalue weighted by Crippen LogP contribution is 2.30. The van der Waals surface area contributed by atoms with E-state index in [1.165, 1.54) is 0 Å². The van der Waals surface area contributed by atoms with Gasteiger partial charge in [-0.2, -0.15) is 0 Å². The van der Waals surface area contributed by atoms with Gasteiger partial charge in [-0.15, -0.1) is 0 Å². The number of rotatable bonds is 6. The van der Waals surface area contributed by atoms with Crippen LogP contribution in [0.1, 0.15) is 25.5 Å². The zero-order valence-corrected chi connectivity index (χ0v) is 11.1. The molecule has 0 radical (unpaired) electrons. The molecule has 1 unspecified atom stereocenters. The molecule has 1 aromatic carbocycles. The number of nitrogens with one attached hydrogen (secondary N) is 1. The van der Waals surface area contributed by atoms with Gasteiger partial charge in [-0.05, 0) is 25.6 Å². The van der Waals surface area contributed by atoms with Crippen LogP contribution >= 0.6 is 23.2 Å². The number of benzene rings is 1. The van der Waals surface area contributed by atoms with E-state index in [1.54, 1.807) is 0 Å². The molecule has 0 saturated heterocycles. The van der Waals surface area contributed by atoms with E-state index in [1.807, 2.05) is 32.0 Å². The lowest BCUT2D eigenvalue weighted by molar-refractivity contribution is 0.123. The quantitative estimate of drug-likeness (QED) is 0.844. The van der Waals surface area contributed by atoms with Crippen molar-refractivity contribution in [2.75, 3.05) is 19.8 Å². The van der Waals surface area contributed by atoms with Crippen LogP contribution in [0.3, 0.4) is 0 Å². The average Bonchev–Trinajstić information content (AvgIpc) is 2.25. The Bertz CT molecular complexity index is 311. The van der Waals surface area contributed by atoms with Gasteiger partial charge in [0.25, 0.3) is 0 Å². The third-order valence-corrected chi connectivity index (χ3v) is 2.95. The van der Waals surface area contributed by atoms with Crippen molar-refractivity contribution in [3.05, 3.63) is 33.8 Å². The predicted molar refractivity (Wildman–Crippen MR) is 69.4 cm³/mol. The summed E-state index contributed by atoms with van der Waals surface area (Å²) in [5, 5.41) is 4.68. The van der Waals surface area contributed by atoms with Gasteiger partial charge in [-0.25, -0.2) is 0 Å². The first-order chi connectivity index (χ1) is 7.70. The molecule has 0 aromatic heterocycles. The second-order valence-electron chi connectivity index (χ2n) is 3.41. The Morgan fingerprint density at radius 1 is 1.25 bits per heavy atom. The Balaban J connectivity index is 2.90. The van der Waals surface area contributed by atoms with E-state index < -0.39 is 0 Å². The van der Waals surface area contributed by atoms with Crippen molar-refractivity contribution in [3.63, 3.8) is 0 Å². The largest absolute Gasteiger partial charge is 0.380 e. The number of hydrogen-bond acceptors (Lipinski definition) is 2. The molecule has 0 aliphatic rings. The highest BCUT2D eigenvalue weighted by atomic mass is 35.5. The van der Waals surface area contributed by atoms with Gasteiger partial charge >= 0.3 is 0 Å². The molecular weight excluding hydrogens is 245 g/mol. The minimum Gasteiger partial charge on any atom is -0.380 e. The van der Waals surface area contributed by atoms with Crippen molar-refractivity contribution in [2.24, 2.45) is 0 Å². The smallest absolute Gasteiger partial charge is 0.0662 e. The van der Waals surface area contributed by atoms with Gasteiger partial charge in [0.15, 0.2) is 0 Å². The summed E-state index contributed by atoms with van der Waals surface area (Å²) in [4.78, 5) is 0. The third-order valence-electron chi connectivity index (χ3n) is 2.29. The molecule has 0 bridgehead atoms. The lowest BCUT2D eigenvalue weighted by atomic mass is 10.1. The number of halogens is 2. The van der Waals surface area contributed by atoms with E-state index in [9.17, 15) is 0 Å². The van der Waals surface area contributed by atoms with Crippen LogP contribution in [0, 0.1) is 0 Å². The van der Waals surface area contributed by atoms with Crippen LogP contribution in [0.5, 0.6) is 0 Å². The number of ether oxygens (including phenoxy) is 1. The molecule has 0 heterocycles. The summed E-state index contributed by atoms with van der Waals surface area (Å²) in [5.41, 5.74) is 0.918. The summed E-state index contributed by atoms with van der Waals surface area (Å²) in [6.07, 6.45) is 0. The van der Waals surface area contributed by atoms with Gasteiger partial charge < -0.3 is 10.1 Å². The summed E-state index contributed by atoms with van der Waals surface area (Å²) in [5.74, 6) is 0. The SMILES string of the molecule is CCNC(COCC)c1c(Cl)cccc1Cl. The molecule has 0 aliphatic heterocycles. The van der Waals surface area contributed by atoms with E-state index in [2.05, 4.69) is 5.32 Å². The first kappa shape index (κ1) is 13.8. The minimum absolute atomic E-state index is 0.0474. The Morgan fingerprint density at radius 3 is 2.38 bits per heavy atom. The van der Waals surface area contributed by atoms with Crippen LogP contribution in [0.15, 0.2) is 18.2 Å². The van der Waals surface area contributed by atoms with E-state index in [-0.39, 0.29) is 6.04 Å². The minimum atomic E-state index is 0.0474. The summed E-state index contributed by atoms with van der Waals surface area (Å²) in [7, 11) is 0. The molecule has 0 saturated carbocycles. The van der Waals surface area contributed by atoms with Crippen LogP contribution in [0.4, 0.5) is 0 Å². The van der Waals surface area contributed by atoms with Crippen LogP contribution < -0.4 is 5.32 Å². The summed E-state index contributed by atoms with van der Waals surface area (Å²) in [6, 6.07) is 5.59. The standard InChI is InChI=1S/C12H17Cl2NO/c1-3-15-11(8-16-4-2)12-9(13)6-5-7-10(12)14/h5-7,11,15H,3-4,8H2,1-2H3. The molecule has 2 nitrogen and oxygen atoms in total. The monoisotopic (exact) mass is 261 g/mol. The fourth-order valence-corrected chi connectivity index (χ4v) is 2.23. The fourth-order valence-electron chi connectivity index (χ4n) is 1.57. The maximum absolute atomic E-state index is 6.16. The van der Waals surface area contributed by atoms with Crippen molar-refractivity contribution in [2.45, 2.75) is 19.9 Å². The van der Waals surface area contributed by atoms with E-state index >= 15 is 0 Å². The molecule has 1 rings (SSSR count). The lowest BCUT2D eigenvalue weighted by Crippen LogP contribution is -2.26. The average molecular weight is 262 g/mol. The van der Waals surface area contributed by atoms with Gasteiger partial charge in [0.1, 0.15) is 0 Å².